The van der Waals surface area contributed by atoms with Crippen molar-refractivity contribution in [1.82, 2.24) is 19.3 Å². The molecule has 161 valence electrons. The highest BCUT2D eigenvalue weighted by Crippen LogP contribution is 2.38. The Bertz CT molecular complexity index is 1440. The molecular formula is C26H26N5O. The molecular weight excluding hydrogens is 398 g/mol. The fourth-order valence-corrected chi connectivity index (χ4v) is 4.92. The highest BCUT2D eigenvalue weighted by molar-refractivity contribution is 5.93. The summed E-state index contributed by atoms with van der Waals surface area (Å²) in [6.45, 7) is 8.41. The van der Waals surface area contributed by atoms with E-state index in [1.165, 1.54) is 0 Å². The van der Waals surface area contributed by atoms with Gasteiger partial charge < -0.3 is 9.30 Å². The van der Waals surface area contributed by atoms with Gasteiger partial charge in [0.05, 0.1) is 17.6 Å². The molecule has 1 radical (unpaired) electrons. The summed E-state index contributed by atoms with van der Waals surface area (Å²) in [6, 6.07) is 9.37. The maximum Gasteiger partial charge on any atom is 0.190 e. The van der Waals surface area contributed by atoms with E-state index in [2.05, 4.69) is 59.9 Å². The molecule has 6 heteroatoms. The number of nitrogens with zero attached hydrogens (tertiary/aromatic N) is 5. The molecule has 1 aliphatic carbocycles. The van der Waals surface area contributed by atoms with Crippen LogP contribution in [-0.4, -0.2) is 51.5 Å². The van der Waals surface area contributed by atoms with E-state index in [9.17, 15) is 4.79 Å². The summed E-state index contributed by atoms with van der Waals surface area (Å²) in [4.78, 5) is 27.2. The van der Waals surface area contributed by atoms with Gasteiger partial charge in [-0.05, 0) is 57.0 Å². The molecule has 2 aromatic carbocycles. The van der Waals surface area contributed by atoms with E-state index in [1.807, 2.05) is 30.1 Å². The summed E-state index contributed by atoms with van der Waals surface area (Å²) >= 11 is 0. The van der Waals surface area contributed by atoms with Crippen molar-refractivity contribution < 1.29 is 0 Å². The van der Waals surface area contributed by atoms with Crippen LogP contribution in [-0.2, 0) is 0 Å². The summed E-state index contributed by atoms with van der Waals surface area (Å²) in [7, 11) is 2.19. The Morgan fingerprint density at radius 2 is 1.81 bits per heavy atom. The molecule has 4 aromatic rings. The summed E-state index contributed by atoms with van der Waals surface area (Å²) in [6.07, 6.45) is 7.75. The minimum absolute atomic E-state index is 0.111. The van der Waals surface area contributed by atoms with Crippen molar-refractivity contribution in [3.05, 3.63) is 76.3 Å². The van der Waals surface area contributed by atoms with Crippen LogP contribution in [0.4, 0.5) is 5.69 Å². The molecule has 1 saturated heterocycles. The van der Waals surface area contributed by atoms with Gasteiger partial charge >= 0.3 is 0 Å². The largest absolute Gasteiger partial charge is 0.368 e. The molecule has 0 amide bonds. The Balaban J connectivity index is 1.47. The number of hydrogen-bond donors (Lipinski definition) is 0. The van der Waals surface area contributed by atoms with Crippen LogP contribution >= 0.6 is 0 Å². The van der Waals surface area contributed by atoms with Gasteiger partial charge in [-0.3, -0.25) is 14.7 Å². The predicted octanol–water partition coefficient (Wildman–Crippen LogP) is 3.66. The number of anilines is 1. The van der Waals surface area contributed by atoms with Crippen molar-refractivity contribution >= 4 is 22.1 Å². The van der Waals surface area contributed by atoms with Crippen molar-refractivity contribution in [2.75, 3.05) is 25.0 Å². The first-order chi connectivity index (χ1) is 15.4. The lowest BCUT2D eigenvalue weighted by molar-refractivity contribution is 0.170. The Morgan fingerprint density at radius 1 is 1.03 bits per heavy atom. The van der Waals surface area contributed by atoms with E-state index in [1.54, 1.807) is 6.20 Å². The highest BCUT2D eigenvalue weighted by Gasteiger charge is 2.29. The molecule has 3 heterocycles. The molecule has 0 unspecified atom stereocenters. The number of benzene rings is 1. The standard InChI is InChI=1S/C26H26N5O/c1-15-11-31-14-24(28-25(31)10-27-15)22-7-18-5-6-19(8-20(18)26(32)23-9-21(22)23)30-12-16(2)29(4)17(3)13-30/h5-11,14,16-17H,12-13H2,1-4H3/t16-,17+. The van der Waals surface area contributed by atoms with Gasteiger partial charge in [-0.2, -0.15) is 0 Å². The molecule has 0 saturated carbocycles. The van der Waals surface area contributed by atoms with E-state index < -0.39 is 0 Å². The molecule has 2 aromatic heterocycles. The molecule has 32 heavy (non-hydrogen) atoms. The summed E-state index contributed by atoms with van der Waals surface area (Å²) in [5.74, 6) is 0. The number of hydrogen-bond acceptors (Lipinski definition) is 5. The number of imidazole rings is 1. The van der Waals surface area contributed by atoms with E-state index in [4.69, 9.17) is 4.98 Å². The van der Waals surface area contributed by atoms with Gasteiger partial charge in [0.15, 0.2) is 11.1 Å². The van der Waals surface area contributed by atoms with Crippen LogP contribution in [0.1, 0.15) is 30.7 Å². The van der Waals surface area contributed by atoms with Crippen LogP contribution < -0.4 is 10.3 Å². The second-order valence-electron chi connectivity index (χ2n) is 9.32. The van der Waals surface area contributed by atoms with Gasteiger partial charge in [0.2, 0.25) is 0 Å². The average Bonchev–Trinajstić information content (AvgIpc) is 3.47. The van der Waals surface area contributed by atoms with Gasteiger partial charge in [0, 0.05) is 66.2 Å². The first-order valence-electron chi connectivity index (χ1n) is 11.2. The van der Waals surface area contributed by atoms with Gasteiger partial charge in [-0.15, -0.1) is 0 Å². The van der Waals surface area contributed by atoms with Crippen LogP contribution in [0.5, 0.6) is 0 Å². The maximum absolute atomic E-state index is 13.3. The van der Waals surface area contributed by atoms with E-state index in [0.29, 0.717) is 12.1 Å². The third-order valence-corrected chi connectivity index (χ3v) is 7.08. The third kappa shape index (κ3) is 3.01. The van der Waals surface area contributed by atoms with Crippen molar-refractivity contribution in [1.29, 1.82) is 0 Å². The van der Waals surface area contributed by atoms with Crippen molar-refractivity contribution in [3.8, 4) is 11.3 Å². The number of likely N-dealkylation sites (N-methyl/N-ethyl adjacent to an activating group) is 1. The molecule has 0 spiro atoms. The van der Waals surface area contributed by atoms with E-state index in [-0.39, 0.29) is 5.43 Å². The topological polar surface area (TPSA) is 53.7 Å². The molecule has 6 nitrogen and oxygen atoms in total. The number of aromatic nitrogens is 3. The molecule has 0 N–H and O–H groups in total. The third-order valence-electron chi connectivity index (χ3n) is 7.08. The maximum atomic E-state index is 13.3. The molecule has 0 bridgehead atoms. The first kappa shape index (κ1) is 19.4. The zero-order chi connectivity index (χ0) is 22.1. The monoisotopic (exact) mass is 424 g/mol. The minimum atomic E-state index is 0.111. The minimum Gasteiger partial charge on any atom is -0.368 e. The van der Waals surface area contributed by atoms with Crippen molar-refractivity contribution in [2.45, 2.75) is 32.9 Å². The van der Waals surface area contributed by atoms with Crippen molar-refractivity contribution in [2.24, 2.45) is 0 Å². The highest BCUT2D eigenvalue weighted by atomic mass is 16.1. The molecule has 1 fully saturated rings. The second kappa shape index (κ2) is 6.87. The lowest BCUT2D eigenvalue weighted by Crippen LogP contribution is -2.55. The Morgan fingerprint density at radius 3 is 2.59 bits per heavy atom. The Kier molecular flexibility index (Phi) is 4.17. The second-order valence-corrected chi connectivity index (χ2v) is 9.32. The van der Waals surface area contributed by atoms with Crippen LogP contribution in [0.2, 0.25) is 0 Å². The number of aryl methyl sites for hydroxylation is 1. The van der Waals surface area contributed by atoms with Crippen molar-refractivity contribution in [3.63, 3.8) is 0 Å². The smallest absolute Gasteiger partial charge is 0.190 e. The van der Waals surface area contributed by atoms with Crippen LogP contribution in [0, 0.1) is 13.3 Å². The molecule has 1 aliphatic heterocycles. The predicted molar refractivity (Wildman–Crippen MR) is 128 cm³/mol. The summed E-state index contributed by atoms with van der Waals surface area (Å²) in [5, 5.41) is 1.73. The summed E-state index contributed by atoms with van der Waals surface area (Å²) < 4.78 is 1.99. The quantitative estimate of drug-likeness (QED) is 0.433. The van der Waals surface area contributed by atoms with Crippen LogP contribution in [0.25, 0.3) is 27.7 Å². The lowest BCUT2D eigenvalue weighted by Gasteiger charge is -2.43. The number of rotatable bonds is 2. The Labute approximate surface area is 187 Å². The first-order valence-corrected chi connectivity index (χ1v) is 11.2. The van der Waals surface area contributed by atoms with E-state index >= 15 is 0 Å². The zero-order valence-corrected chi connectivity index (χ0v) is 18.8. The fourth-order valence-electron chi connectivity index (χ4n) is 4.92. The number of piperazine rings is 1. The SMILES string of the molecule is Cc1cn2cc(-c3cc4ccc(N5C[C@@H](C)N(C)[C@@H](C)C5)cc4c(=O)c4c3[CH]4)nc2cn1. The average molecular weight is 425 g/mol. The van der Waals surface area contributed by atoms with Gasteiger partial charge in [-0.1, -0.05) is 6.07 Å². The zero-order valence-electron chi connectivity index (χ0n) is 18.8. The summed E-state index contributed by atoms with van der Waals surface area (Å²) in [5.41, 5.74) is 6.65. The molecule has 6 rings (SSSR count). The fraction of sp³-hybridized carbons (Fsp3) is 0.308. The van der Waals surface area contributed by atoms with Gasteiger partial charge in [0.1, 0.15) is 0 Å². The van der Waals surface area contributed by atoms with Crippen LogP contribution in [0.3, 0.4) is 0 Å². The van der Waals surface area contributed by atoms with Gasteiger partial charge in [0.25, 0.3) is 0 Å². The van der Waals surface area contributed by atoms with Gasteiger partial charge in [-0.25, -0.2) is 4.98 Å². The molecule has 2 aliphatic rings. The Hall–Kier alpha value is -3.25. The normalized spacial score (nSPS) is 20.7. The number of fused-ring (bicyclic) bond motifs is 3. The van der Waals surface area contributed by atoms with E-state index in [0.717, 1.165) is 63.3 Å². The van der Waals surface area contributed by atoms with Crippen LogP contribution in [0.15, 0.2) is 47.7 Å². The molecule has 2 atom stereocenters. The lowest BCUT2D eigenvalue weighted by atomic mass is 10.1.